The summed E-state index contributed by atoms with van der Waals surface area (Å²) >= 11 is 6.77. The van der Waals surface area contributed by atoms with Gasteiger partial charge in [0.25, 0.3) is 0 Å². The molecule has 0 aliphatic rings. The second kappa shape index (κ2) is 7.85. The summed E-state index contributed by atoms with van der Waals surface area (Å²) in [4.78, 5) is 11.1. The van der Waals surface area contributed by atoms with Gasteiger partial charge in [-0.05, 0) is 60.7 Å². The Hall–Kier alpha value is -2.11. The van der Waals surface area contributed by atoms with E-state index in [4.69, 9.17) is 9.84 Å². The molecule has 0 fully saturated rings. The first-order valence-corrected chi connectivity index (χ1v) is 9.13. The van der Waals surface area contributed by atoms with Crippen LogP contribution < -0.4 is 4.74 Å². The molecule has 0 aliphatic heterocycles. The van der Waals surface area contributed by atoms with Crippen molar-refractivity contribution in [2.45, 2.75) is 6.61 Å². The fourth-order valence-electron chi connectivity index (χ4n) is 2.52. The van der Waals surface area contributed by atoms with Gasteiger partial charge in [-0.1, -0.05) is 54.6 Å². The van der Waals surface area contributed by atoms with Gasteiger partial charge in [-0.15, -0.1) is 0 Å². The van der Waals surface area contributed by atoms with Gasteiger partial charge in [-0.3, -0.25) is 0 Å². The van der Waals surface area contributed by atoms with E-state index in [1.807, 2.05) is 36.4 Å². The molecule has 3 rings (SSSR count). The number of halogens is 2. The third-order valence-electron chi connectivity index (χ3n) is 3.72. The van der Waals surface area contributed by atoms with E-state index in [0.717, 1.165) is 16.7 Å². The zero-order valence-corrected chi connectivity index (χ0v) is 16.2. The highest BCUT2D eigenvalue weighted by Gasteiger charge is 2.14. The summed E-state index contributed by atoms with van der Waals surface area (Å²) < 4.78 is 7.15. The van der Waals surface area contributed by atoms with Crippen LogP contribution in [0.3, 0.4) is 0 Å². The molecule has 0 aliphatic carbocycles. The average Bonchev–Trinajstić information content (AvgIpc) is 2.62. The summed E-state index contributed by atoms with van der Waals surface area (Å²) in [5, 5.41) is 9.11. The first-order valence-electron chi connectivity index (χ1n) is 7.54. The summed E-state index contributed by atoms with van der Waals surface area (Å²) in [6.45, 7) is 0.370. The number of rotatable bonds is 5. The largest absolute Gasteiger partial charge is 0.487 e. The number of benzene rings is 3. The molecule has 0 heterocycles. The van der Waals surface area contributed by atoms with E-state index in [1.165, 1.54) is 12.1 Å². The van der Waals surface area contributed by atoms with Gasteiger partial charge >= 0.3 is 5.97 Å². The van der Waals surface area contributed by atoms with Crippen LogP contribution in [0.15, 0.2) is 75.7 Å². The monoisotopic (exact) mass is 460 g/mol. The number of carboxylic acid groups (broad SMARTS) is 1. The number of carbonyl (C=O) groups is 1. The molecule has 3 aromatic carbocycles. The standard InChI is InChI=1S/C20H14Br2O3/c21-17-10-15(20(23)24)11-18(22)19(17)25-12-14-8-4-5-9-16(14)13-6-2-1-3-7-13/h1-11H,12H2,(H,23,24). The summed E-state index contributed by atoms with van der Waals surface area (Å²) in [6.07, 6.45) is 0. The maximum absolute atomic E-state index is 11.1. The normalized spacial score (nSPS) is 10.5. The second-order valence-electron chi connectivity index (χ2n) is 5.39. The molecule has 5 heteroatoms. The van der Waals surface area contributed by atoms with E-state index in [1.54, 1.807) is 0 Å². The number of ether oxygens (including phenoxy) is 1. The van der Waals surface area contributed by atoms with Crippen LogP contribution in [0.5, 0.6) is 5.75 Å². The Morgan fingerprint density at radius 2 is 1.52 bits per heavy atom. The number of hydrogen-bond acceptors (Lipinski definition) is 2. The van der Waals surface area contributed by atoms with Crippen LogP contribution >= 0.6 is 31.9 Å². The number of hydrogen-bond donors (Lipinski definition) is 1. The molecule has 0 saturated heterocycles. The Bertz CT molecular complexity index is 885. The quantitative estimate of drug-likeness (QED) is 0.495. The zero-order valence-electron chi connectivity index (χ0n) is 13.1. The van der Waals surface area contributed by atoms with Crippen molar-refractivity contribution in [2.75, 3.05) is 0 Å². The minimum absolute atomic E-state index is 0.191. The van der Waals surface area contributed by atoms with Crippen molar-refractivity contribution in [2.24, 2.45) is 0 Å². The molecule has 0 unspecified atom stereocenters. The zero-order chi connectivity index (χ0) is 17.8. The molecule has 0 spiro atoms. The van der Waals surface area contributed by atoms with Crippen molar-refractivity contribution in [3.63, 3.8) is 0 Å². The molecule has 3 nitrogen and oxygen atoms in total. The van der Waals surface area contributed by atoms with Crippen LogP contribution in [0.2, 0.25) is 0 Å². The molecule has 3 aromatic rings. The molecule has 126 valence electrons. The average molecular weight is 462 g/mol. The van der Waals surface area contributed by atoms with Gasteiger partial charge < -0.3 is 9.84 Å². The van der Waals surface area contributed by atoms with Crippen LogP contribution in [0.25, 0.3) is 11.1 Å². The van der Waals surface area contributed by atoms with Gasteiger partial charge in [0, 0.05) is 0 Å². The number of aromatic carboxylic acids is 1. The summed E-state index contributed by atoms with van der Waals surface area (Å²) in [5.74, 6) is -0.407. The Labute approximate surface area is 162 Å². The Morgan fingerprint density at radius 3 is 2.16 bits per heavy atom. The van der Waals surface area contributed by atoms with E-state index in [9.17, 15) is 4.79 Å². The molecule has 25 heavy (non-hydrogen) atoms. The summed E-state index contributed by atoms with van der Waals surface area (Å²) in [5.41, 5.74) is 3.48. The molecule has 0 atom stereocenters. The van der Waals surface area contributed by atoms with Gasteiger partial charge in [-0.25, -0.2) is 4.79 Å². The molecule has 0 radical (unpaired) electrons. The van der Waals surface area contributed by atoms with Gasteiger partial charge in [0.1, 0.15) is 12.4 Å². The number of carboxylic acids is 1. The molecule has 0 saturated carbocycles. The lowest BCUT2D eigenvalue weighted by Gasteiger charge is -2.14. The van der Waals surface area contributed by atoms with Crippen LogP contribution in [0.4, 0.5) is 0 Å². The van der Waals surface area contributed by atoms with Crippen molar-refractivity contribution >= 4 is 37.8 Å². The van der Waals surface area contributed by atoms with Gasteiger partial charge in [0.15, 0.2) is 0 Å². The van der Waals surface area contributed by atoms with E-state index in [-0.39, 0.29) is 5.56 Å². The van der Waals surface area contributed by atoms with Crippen molar-refractivity contribution < 1.29 is 14.6 Å². The summed E-state index contributed by atoms with van der Waals surface area (Å²) in [6, 6.07) is 21.2. The van der Waals surface area contributed by atoms with Crippen LogP contribution in [-0.4, -0.2) is 11.1 Å². The topological polar surface area (TPSA) is 46.5 Å². The third-order valence-corrected chi connectivity index (χ3v) is 4.90. The predicted molar refractivity (Wildman–Crippen MR) is 105 cm³/mol. The molecular formula is C20H14Br2O3. The lowest BCUT2D eigenvalue weighted by Crippen LogP contribution is -2.01. The van der Waals surface area contributed by atoms with E-state index in [2.05, 4.69) is 50.1 Å². The van der Waals surface area contributed by atoms with Gasteiger partial charge in [0.05, 0.1) is 14.5 Å². The SMILES string of the molecule is O=C(O)c1cc(Br)c(OCc2ccccc2-c2ccccc2)c(Br)c1. The van der Waals surface area contributed by atoms with Crippen molar-refractivity contribution in [3.8, 4) is 16.9 Å². The van der Waals surface area contributed by atoms with E-state index < -0.39 is 5.97 Å². The first kappa shape index (κ1) is 17.7. The minimum Gasteiger partial charge on any atom is -0.487 e. The minimum atomic E-state index is -0.984. The molecule has 0 amide bonds. The molecule has 0 aromatic heterocycles. The van der Waals surface area contributed by atoms with Crippen LogP contribution in [0, 0.1) is 0 Å². The third kappa shape index (κ3) is 4.11. The lowest BCUT2D eigenvalue weighted by atomic mass is 10.0. The first-order chi connectivity index (χ1) is 12.1. The Balaban J connectivity index is 1.87. The van der Waals surface area contributed by atoms with Crippen LogP contribution in [-0.2, 0) is 6.61 Å². The highest BCUT2D eigenvalue weighted by molar-refractivity contribution is 9.11. The summed E-state index contributed by atoms with van der Waals surface area (Å²) in [7, 11) is 0. The van der Waals surface area contributed by atoms with Crippen molar-refractivity contribution in [3.05, 3.63) is 86.8 Å². The molecule has 0 bridgehead atoms. The van der Waals surface area contributed by atoms with Crippen molar-refractivity contribution in [1.29, 1.82) is 0 Å². The Morgan fingerprint density at radius 1 is 0.920 bits per heavy atom. The highest BCUT2D eigenvalue weighted by Crippen LogP contribution is 2.36. The Kier molecular flexibility index (Phi) is 5.56. The maximum atomic E-state index is 11.1. The maximum Gasteiger partial charge on any atom is 0.335 e. The smallest absolute Gasteiger partial charge is 0.335 e. The predicted octanol–water partition coefficient (Wildman–Crippen LogP) is 6.16. The molecule has 1 N–H and O–H groups in total. The van der Waals surface area contributed by atoms with Crippen molar-refractivity contribution in [1.82, 2.24) is 0 Å². The van der Waals surface area contributed by atoms with E-state index in [0.29, 0.717) is 21.3 Å². The van der Waals surface area contributed by atoms with Gasteiger partial charge in [-0.2, -0.15) is 0 Å². The van der Waals surface area contributed by atoms with E-state index >= 15 is 0 Å². The van der Waals surface area contributed by atoms with Crippen LogP contribution in [0.1, 0.15) is 15.9 Å². The highest BCUT2D eigenvalue weighted by atomic mass is 79.9. The molecular weight excluding hydrogens is 448 g/mol. The lowest BCUT2D eigenvalue weighted by molar-refractivity contribution is 0.0696. The fraction of sp³-hybridized carbons (Fsp3) is 0.0500. The second-order valence-corrected chi connectivity index (χ2v) is 7.09. The van der Waals surface area contributed by atoms with Gasteiger partial charge in [0.2, 0.25) is 0 Å². The fourth-order valence-corrected chi connectivity index (χ4v) is 3.93.